The lowest BCUT2D eigenvalue weighted by atomic mass is 10.1. The molecule has 0 aliphatic heterocycles. The maximum absolute atomic E-state index is 12.4. The van der Waals surface area contributed by atoms with E-state index in [0.717, 1.165) is 0 Å². The molecule has 0 spiro atoms. The van der Waals surface area contributed by atoms with Crippen molar-refractivity contribution in [3.63, 3.8) is 0 Å². The van der Waals surface area contributed by atoms with Crippen molar-refractivity contribution in [3.8, 4) is 5.75 Å². The molecule has 0 aliphatic carbocycles. The summed E-state index contributed by atoms with van der Waals surface area (Å²) in [5.74, 6) is -0.417. The van der Waals surface area contributed by atoms with E-state index in [1.807, 2.05) is 0 Å². The van der Waals surface area contributed by atoms with Gasteiger partial charge < -0.3 is 14.9 Å². The number of pyridine rings is 2. The minimum Gasteiger partial charge on any atom is -0.504 e. The van der Waals surface area contributed by atoms with Gasteiger partial charge >= 0.3 is 0 Å². The molecule has 3 heterocycles. The average molecular weight is 284 g/mol. The maximum atomic E-state index is 12.4. The lowest BCUT2D eigenvalue weighted by molar-refractivity contribution is 0.102. The van der Waals surface area contributed by atoms with Crippen molar-refractivity contribution in [1.82, 2.24) is 15.1 Å². The minimum absolute atomic E-state index is 0.0965. The monoisotopic (exact) mass is 284 g/mol. The van der Waals surface area contributed by atoms with Crippen LogP contribution >= 0.6 is 0 Å². The van der Waals surface area contributed by atoms with E-state index in [0.29, 0.717) is 28.1 Å². The molecule has 0 fully saturated rings. The summed E-state index contributed by atoms with van der Waals surface area (Å²) in [5.41, 5.74) is 1.89. The molecule has 0 saturated heterocycles. The lowest BCUT2D eigenvalue weighted by Crippen LogP contribution is -2.14. The first-order valence-electron chi connectivity index (χ1n) is 6.25. The van der Waals surface area contributed by atoms with Crippen molar-refractivity contribution < 1.29 is 14.4 Å². The van der Waals surface area contributed by atoms with Crippen LogP contribution in [0.4, 0.5) is 5.82 Å². The molecule has 3 aromatic heterocycles. The Morgan fingerprint density at radius 2 is 2.19 bits per heavy atom. The van der Waals surface area contributed by atoms with Crippen molar-refractivity contribution in [2.45, 2.75) is 13.8 Å². The fourth-order valence-corrected chi connectivity index (χ4v) is 2.06. The zero-order chi connectivity index (χ0) is 15.0. The number of hydrogen-bond acceptors (Lipinski definition) is 6. The van der Waals surface area contributed by atoms with E-state index in [1.165, 1.54) is 12.3 Å². The van der Waals surface area contributed by atoms with Crippen LogP contribution in [0.1, 0.15) is 21.7 Å². The van der Waals surface area contributed by atoms with Crippen LogP contribution in [0.3, 0.4) is 0 Å². The molecule has 0 saturated carbocycles. The van der Waals surface area contributed by atoms with Gasteiger partial charge in [0.25, 0.3) is 11.6 Å². The van der Waals surface area contributed by atoms with Gasteiger partial charge in [-0.3, -0.25) is 4.79 Å². The summed E-state index contributed by atoms with van der Waals surface area (Å²) < 4.78 is 5.09. The number of carbonyl (C=O) groups excluding carboxylic acids is 1. The summed E-state index contributed by atoms with van der Waals surface area (Å²) in [5, 5.41) is 16.6. The van der Waals surface area contributed by atoms with E-state index >= 15 is 0 Å². The van der Waals surface area contributed by atoms with Crippen LogP contribution in [0.25, 0.3) is 11.1 Å². The van der Waals surface area contributed by atoms with Crippen LogP contribution in [0.15, 0.2) is 28.9 Å². The lowest BCUT2D eigenvalue weighted by Gasteiger charge is -2.07. The van der Waals surface area contributed by atoms with Gasteiger partial charge in [0, 0.05) is 11.9 Å². The highest BCUT2D eigenvalue weighted by Crippen LogP contribution is 2.24. The number of aromatic nitrogens is 3. The number of nitrogens with zero attached hydrogens (tertiary/aromatic N) is 3. The molecule has 2 N–H and O–H groups in total. The third-order valence-corrected chi connectivity index (χ3v) is 3.01. The minimum atomic E-state index is -0.411. The molecule has 1 amide bonds. The second-order valence-corrected chi connectivity index (χ2v) is 4.58. The van der Waals surface area contributed by atoms with E-state index < -0.39 is 5.91 Å². The fraction of sp³-hybridized carbons (Fsp3) is 0.143. The average Bonchev–Trinajstić information content (AvgIpc) is 2.82. The number of aryl methyl sites for hydroxylation is 2. The molecule has 3 aromatic rings. The van der Waals surface area contributed by atoms with Gasteiger partial charge in [0.05, 0.1) is 16.6 Å². The highest BCUT2D eigenvalue weighted by atomic mass is 16.5. The van der Waals surface area contributed by atoms with E-state index in [4.69, 9.17) is 4.52 Å². The quantitative estimate of drug-likeness (QED) is 0.748. The second-order valence-electron chi connectivity index (χ2n) is 4.58. The number of anilines is 1. The third-order valence-electron chi connectivity index (χ3n) is 3.01. The highest BCUT2D eigenvalue weighted by molar-refractivity contribution is 6.12. The smallest absolute Gasteiger partial charge is 0.258 e. The van der Waals surface area contributed by atoms with Gasteiger partial charge in [0.2, 0.25) is 0 Å². The fourth-order valence-electron chi connectivity index (χ4n) is 2.06. The first-order valence-corrected chi connectivity index (χ1v) is 6.25. The highest BCUT2D eigenvalue weighted by Gasteiger charge is 2.18. The van der Waals surface area contributed by atoms with E-state index in [9.17, 15) is 9.90 Å². The molecule has 0 aliphatic rings. The second kappa shape index (κ2) is 4.86. The topological polar surface area (TPSA) is 101 Å². The molecule has 0 bridgehead atoms. The number of nitrogens with one attached hydrogen (secondary N) is 1. The number of aromatic hydroxyl groups is 1. The van der Waals surface area contributed by atoms with Crippen LogP contribution in [0, 0.1) is 13.8 Å². The summed E-state index contributed by atoms with van der Waals surface area (Å²) in [7, 11) is 0. The molecule has 106 valence electrons. The summed E-state index contributed by atoms with van der Waals surface area (Å²) >= 11 is 0. The number of carbonyl (C=O) groups is 1. The Hall–Kier alpha value is -2.96. The molecule has 3 rings (SSSR count). The molecule has 21 heavy (non-hydrogen) atoms. The van der Waals surface area contributed by atoms with Crippen molar-refractivity contribution in [2.75, 3.05) is 5.32 Å². The largest absolute Gasteiger partial charge is 0.504 e. The molecular weight excluding hydrogens is 272 g/mol. The Balaban J connectivity index is 2.06. The predicted molar refractivity (Wildman–Crippen MR) is 75.1 cm³/mol. The summed E-state index contributed by atoms with van der Waals surface area (Å²) in [6.45, 7) is 3.49. The number of hydrogen-bond donors (Lipinski definition) is 2. The van der Waals surface area contributed by atoms with Crippen LogP contribution in [0.2, 0.25) is 0 Å². The van der Waals surface area contributed by atoms with Crippen LogP contribution in [0.5, 0.6) is 5.75 Å². The predicted octanol–water partition coefficient (Wildman–Crippen LogP) is 2.19. The summed E-state index contributed by atoms with van der Waals surface area (Å²) in [6, 6.07) is 4.66. The molecule has 0 unspecified atom stereocenters. The van der Waals surface area contributed by atoms with Gasteiger partial charge in [-0.05, 0) is 32.0 Å². The van der Waals surface area contributed by atoms with Crippen LogP contribution in [-0.2, 0) is 0 Å². The first-order chi connectivity index (χ1) is 10.1. The van der Waals surface area contributed by atoms with E-state index in [2.05, 4.69) is 20.4 Å². The Morgan fingerprint density at radius 3 is 2.95 bits per heavy atom. The van der Waals surface area contributed by atoms with Crippen molar-refractivity contribution in [3.05, 3.63) is 41.3 Å². The van der Waals surface area contributed by atoms with Crippen molar-refractivity contribution in [2.24, 2.45) is 0 Å². The SMILES string of the molecule is Cc1cc(C(=O)Nc2ncccc2O)c2c(C)noc2n1. The number of rotatable bonds is 2. The van der Waals surface area contributed by atoms with Gasteiger partial charge in [-0.25, -0.2) is 9.97 Å². The van der Waals surface area contributed by atoms with Gasteiger partial charge in [-0.2, -0.15) is 0 Å². The Labute approximate surface area is 119 Å². The number of fused-ring (bicyclic) bond motifs is 1. The summed E-state index contributed by atoms with van der Waals surface area (Å²) in [6.07, 6.45) is 1.48. The summed E-state index contributed by atoms with van der Waals surface area (Å²) in [4.78, 5) is 20.5. The Morgan fingerprint density at radius 1 is 1.38 bits per heavy atom. The Kier molecular flexibility index (Phi) is 3.02. The van der Waals surface area contributed by atoms with Crippen molar-refractivity contribution >= 4 is 22.8 Å². The van der Waals surface area contributed by atoms with Gasteiger partial charge in [-0.15, -0.1) is 0 Å². The first kappa shape index (κ1) is 13.0. The van der Waals surface area contributed by atoms with Gasteiger partial charge in [-0.1, -0.05) is 5.16 Å². The standard InChI is InChI=1S/C14H12N4O3/c1-7-6-9(11-8(2)18-21-14(11)16-7)13(20)17-12-10(19)4-3-5-15-12/h3-6,19H,1-2H3,(H,15,17,20). The van der Waals surface area contributed by atoms with Gasteiger partial charge in [0.1, 0.15) is 0 Å². The normalized spacial score (nSPS) is 10.8. The molecule has 0 atom stereocenters. The third kappa shape index (κ3) is 2.29. The molecule has 0 radical (unpaired) electrons. The van der Waals surface area contributed by atoms with Gasteiger partial charge in [0.15, 0.2) is 11.6 Å². The maximum Gasteiger partial charge on any atom is 0.258 e. The zero-order valence-electron chi connectivity index (χ0n) is 11.4. The van der Waals surface area contributed by atoms with Crippen LogP contribution in [-0.4, -0.2) is 26.1 Å². The molecular formula is C14H12N4O3. The molecule has 7 heteroatoms. The number of amides is 1. The van der Waals surface area contributed by atoms with Crippen LogP contribution < -0.4 is 5.32 Å². The van der Waals surface area contributed by atoms with Crippen molar-refractivity contribution in [1.29, 1.82) is 0 Å². The molecule has 7 nitrogen and oxygen atoms in total. The zero-order valence-corrected chi connectivity index (χ0v) is 11.4. The van der Waals surface area contributed by atoms with E-state index in [1.54, 1.807) is 26.0 Å². The molecule has 0 aromatic carbocycles. The Bertz CT molecular complexity index is 841. The van der Waals surface area contributed by atoms with E-state index in [-0.39, 0.29) is 11.6 Å².